The molecule has 31 heavy (non-hydrogen) atoms. The lowest BCUT2D eigenvalue weighted by molar-refractivity contribution is -0.111. The second-order valence-electron chi connectivity index (χ2n) is 6.97. The molecular formula is C23H30N2O5S. The second kappa shape index (κ2) is 10.5. The molecule has 1 amide bonds. The van der Waals surface area contributed by atoms with E-state index in [2.05, 4.69) is 5.32 Å². The molecule has 8 heteroatoms. The zero-order valence-electron chi connectivity index (χ0n) is 18.9. The summed E-state index contributed by atoms with van der Waals surface area (Å²) < 4.78 is 37.7. The van der Waals surface area contributed by atoms with Crippen molar-refractivity contribution in [1.82, 2.24) is 4.31 Å². The van der Waals surface area contributed by atoms with Crippen LogP contribution in [0.5, 0.6) is 11.5 Å². The van der Waals surface area contributed by atoms with Crippen LogP contribution in [0.1, 0.15) is 30.5 Å². The third kappa shape index (κ3) is 5.86. The van der Waals surface area contributed by atoms with E-state index in [0.29, 0.717) is 30.3 Å². The van der Waals surface area contributed by atoms with Gasteiger partial charge >= 0.3 is 0 Å². The zero-order valence-corrected chi connectivity index (χ0v) is 19.7. The predicted octanol–water partition coefficient (Wildman–Crippen LogP) is 4.00. The summed E-state index contributed by atoms with van der Waals surface area (Å²) in [7, 11) is -0.523. The summed E-state index contributed by atoms with van der Waals surface area (Å²) in [5.74, 6) is 0.849. The molecule has 0 aliphatic carbocycles. The summed E-state index contributed by atoms with van der Waals surface area (Å²) in [5, 5.41) is 2.79. The SMILES string of the molecule is CCN(CC)S(=O)(=O)c1cc(C)c(C)c(NC(=O)/C=C/c2cc(OC)cc(OC)c2)c1. The van der Waals surface area contributed by atoms with E-state index < -0.39 is 10.0 Å². The van der Waals surface area contributed by atoms with Gasteiger partial charge in [-0.05, 0) is 60.9 Å². The first-order valence-electron chi connectivity index (χ1n) is 9.99. The standard InChI is InChI=1S/C23H30N2O5S/c1-7-25(8-2)31(27,28)21-11-16(3)17(4)22(15-21)24-23(26)10-9-18-12-19(29-5)14-20(13-18)30-6/h9-15H,7-8H2,1-6H3,(H,24,26)/b10-9+. The van der Waals surface area contributed by atoms with E-state index in [4.69, 9.17) is 9.47 Å². The molecule has 7 nitrogen and oxygen atoms in total. The highest BCUT2D eigenvalue weighted by Gasteiger charge is 2.23. The molecule has 0 radical (unpaired) electrons. The van der Waals surface area contributed by atoms with Gasteiger partial charge in [-0.25, -0.2) is 8.42 Å². The summed E-state index contributed by atoms with van der Waals surface area (Å²) in [6.45, 7) is 8.01. The lowest BCUT2D eigenvalue weighted by Gasteiger charge is -2.20. The minimum Gasteiger partial charge on any atom is -0.497 e. The van der Waals surface area contributed by atoms with Gasteiger partial charge in [-0.15, -0.1) is 0 Å². The molecule has 0 aliphatic rings. The van der Waals surface area contributed by atoms with Gasteiger partial charge in [0, 0.05) is 30.9 Å². The van der Waals surface area contributed by atoms with Crippen LogP contribution in [0.4, 0.5) is 5.69 Å². The number of anilines is 1. The molecule has 0 atom stereocenters. The molecule has 2 aromatic carbocycles. The zero-order chi connectivity index (χ0) is 23.2. The average Bonchev–Trinajstić information content (AvgIpc) is 2.75. The fraction of sp³-hybridized carbons (Fsp3) is 0.348. The normalized spacial score (nSPS) is 11.7. The number of carbonyl (C=O) groups is 1. The Hall–Kier alpha value is -2.84. The smallest absolute Gasteiger partial charge is 0.248 e. The number of rotatable bonds is 9. The van der Waals surface area contributed by atoms with Crippen molar-refractivity contribution in [1.29, 1.82) is 0 Å². The molecule has 0 spiro atoms. The van der Waals surface area contributed by atoms with Gasteiger partial charge in [-0.3, -0.25) is 4.79 Å². The summed E-state index contributed by atoms with van der Waals surface area (Å²) >= 11 is 0. The summed E-state index contributed by atoms with van der Waals surface area (Å²) in [6, 6.07) is 8.44. The number of hydrogen-bond acceptors (Lipinski definition) is 5. The number of hydrogen-bond donors (Lipinski definition) is 1. The highest BCUT2D eigenvalue weighted by atomic mass is 32.2. The topological polar surface area (TPSA) is 84.9 Å². The highest BCUT2D eigenvalue weighted by molar-refractivity contribution is 7.89. The van der Waals surface area contributed by atoms with Gasteiger partial charge in [0.25, 0.3) is 0 Å². The third-order valence-electron chi connectivity index (χ3n) is 5.04. The number of nitrogens with zero attached hydrogens (tertiary/aromatic N) is 1. The van der Waals surface area contributed by atoms with Crippen LogP contribution in [0, 0.1) is 13.8 Å². The lowest BCUT2D eigenvalue weighted by atomic mass is 10.1. The van der Waals surface area contributed by atoms with E-state index in [1.807, 2.05) is 13.8 Å². The predicted molar refractivity (Wildman–Crippen MR) is 123 cm³/mol. The van der Waals surface area contributed by atoms with E-state index in [-0.39, 0.29) is 10.8 Å². The first kappa shape index (κ1) is 24.4. The van der Waals surface area contributed by atoms with Crippen molar-refractivity contribution in [2.24, 2.45) is 0 Å². The van der Waals surface area contributed by atoms with Gasteiger partial charge in [0.1, 0.15) is 11.5 Å². The molecule has 0 unspecified atom stereocenters. The molecule has 0 saturated heterocycles. The van der Waals surface area contributed by atoms with E-state index >= 15 is 0 Å². The van der Waals surface area contributed by atoms with Crippen LogP contribution in [0.2, 0.25) is 0 Å². The summed E-state index contributed by atoms with van der Waals surface area (Å²) in [6.07, 6.45) is 3.02. The van der Waals surface area contributed by atoms with Crippen LogP contribution in [-0.4, -0.2) is 45.9 Å². The van der Waals surface area contributed by atoms with E-state index in [0.717, 1.165) is 16.7 Å². The van der Waals surface area contributed by atoms with Crippen LogP contribution in [-0.2, 0) is 14.8 Å². The van der Waals surface area contributed by atoms with Gasteiger partial charge in [0.15, 0.2) is 0 Å². The summed E-state index contributed by atoms with van der Waals surface area (Å²) in [5.41, 5.74) is 2.79. The Bertz CT molecular complexity index is 1050. The van der Waals surface area contributed by atoms with Crippen molar-refractivity contribution in [3.8, 4) is 11.5 Å². The van der Waals surface area contributed by atoms with E-state index in [9.17, 15) is 13.2 Å². The van der Waals surface area contributed by atoms with Crippen molar-refractivity contribution >= 4 is 27.7 Å². The number of carbonyl (C=O) groups excluding carboxylic acids is 1. The average molecular weight is 447 g/mol. The van der Waals surface area contributed by atoms with Crippen LogP contribution in [0.15, 0.2) is 41.3 Å². The molecule has 0 heterocycles. The van der Waals surface area contributed by atoms with Gasteiger partial charge in [-0.2, -0.15) is 4.31 Å². The Morgan fingerprint density at radius 3 is 2.10 bits per heavy atom. The largest absolute Gasteiger partial charge is 0.497 e. The second-order valence-corrected chi connectivity index (χ2v) is 8.91. The fourth-order valence-corrected chi connectivity index (χ4v) is 4.66. The Morgan fingerprint density at radius 2 is 1.58 bits per heavy atom. The van der Waals surface area contributed by atoms with Crippen molar-refractivity contribution in [3.05, 3.63) is 53.1 Å². The van der Waals surface area contributed by atoms with Crippen LogP contribution in [0.25, 0.3) is 6.08 Å². The first-order chi connectivity index (χ1) is 14.7. The minimum absolute atomic E-state index is 0.163. The first-order valence-corrected chi connectivity index (χ1v) is 11.4. The number of nitrogens with one attached hydrogen (secondary N) is 1. The third-order valence-corrected chi connectivity index (χ3v) is 7.07. The molecule has 0 saturated carbocycles. The number of ether oxygens (including phenoxy) is 2. The quantitative estimate of drug-likeness (QED) is 0.589. The minimum atomic E-state index is -3.63. The molecule has 2 rings (SSSR count). The molecule has 168 valence electrons. The number of aryl methyl sites for hydroxylation is 1. The van der Waals surface area contributed by atoms with Crippen molar-refractivity contribution < 1.29 is 22.7 Å². The van der Waals surface area contributed by atoms with Crippen LogP contribution in [0.3, 0.4) is 0 Å². The number of benzene rings is 2. The maximum atomic E-state index is 12.9. The summed E-state index contributed by atoms with van der Waals surface area (Å²) in [4.78, 5) is 12.7. The fourth-order valence-electron chi connectivity index (χ4n) is 3.09. The van der Waals surface area contributed by atoms with Crippen LogP contribution >= 0.6 is 0 Å². The Labute approximate surface area is 184 Å². The molecular weight excluding hydrogens is 416 g/mol. The number of sulfonamides is 1. The lowest BCUT2D eigenvalue weighted by Crippen LogP contribution is -2.30. The molecule has 0 bridgehead atoms. The number of methoxy groups -OCH3 is 2. The molecule has 0 fully saturated rings. The van der Waals surface area contributed by atoms with Gasteiger partial charge < -0.3 is 14.8 Å². The monoisotopic (exact) mass is 446 g/mol. The molecule has 2 aromatic rings. The van der Waals surface area contributed by atoms with Crippen LogP contribution < -0.4 is 14.8 Å². The maximum Gasteiger partial charge on any atom is 0.248 e. The number of amides is 1. The van der Waals surface area contributed by atoms with Gasteiger partial charge in [-0.1, -0.05) is 13.8 Å². The van der Waals surface area contributed by atoms with Gasteiger partial charge in [0.05, 0.1) is 19.1 Å². The Kier molecular flexibility index (Phi) is 8.24. The van der Waals surface area contributed by atoms with Crippen molar-refractivity contribution in [2.75, 3.05) is 32.6 Å². The van der Waals surface area contributed by atoms with E-state index in [1.165, 1.54) is 16.4 Å². The Balaban J connectivity index is 2.31. The van der Waals surface area contributed by atoms with Crippen molar-refractivity contribution in [2.45, 2.75) is 32.6 Å². The molecule has 0 aromatic heterocycles. The van der Waals surface area contributed by atoms with Crippen molar-refractivity contribution in [3.63, 3.8) is 0 Å². The maximum absolute atomic E-state index is 12.9. The molecule has 0 aliphatic heterocycles. The highest BCUT2D eigenvalue weighted by Crippen LogP contribution is 2.27. The molecule has 1 N–H and O–H groups in total. The Morgan fingerprint density at radius 1 is 1.00 bits per heavy atom. The van der Waals surface area contributed by atoms with Gasteiger partial charge in [0.2, 0.25) is 15.9 Å². The van der Waals surface area contributed by atoms with E-state index in [1.54, 1.807) is 58.4 Å².